The maximum atomic E-state index is 9.59. The molecule has 5 unspecified atom stereocenters. The molecule has 1 saturated heterocycles. The van der Waals surface area contributed by atoms with Crippen LogP contribution >= 0.6 is 0 Å². The van der Waals surface area contributed by atoms with E-state index in [-0.39, 0.29) is 24.5 Å². The average molecular weight is 217 g/mol. The van der Waals surface area contributed by atoms with Crippen molar-refractivity contribution in [3.8, 4) is 0 Å². The minimum Gasteiger partial charge on any atom is -0.390 e. The highest BCUT2D eigenvalue weighted by atomic mass is 16.7. The third-order valence-corrected chi connectivity index (χ3v) is 2.93. The first-order valence-electron chi connectivity index (χ1n) is 5.79. The van der Waals surface area contributed by atoms with Crippen LogP contribution in [-0.2, 0) is 9.47 Å². The van der Waals surface area contributed by atoms with Gasteiger partial charge in [-0.2, -0.15) is 0 Å². The van der Waals surface area contributed by atoms with E-state index in [4.69, 9.17) is 15.2 Å². The standard InChI is InChI=1S/C11H23NO3/c1-4-10(13)8(3)15-11-9(12)6-5-7(2)14-11/h7-11,13H,4-6,12H2,1-3H3. The summed E-state index contributed by atoms with van der Waals surface area (Å²) in [5.74, 6) is 0. The van der Waals surface area contributed by atoms with Gasteiger partial charge in [-0.1, -0.05) is 6.92 Å². The molecular formula is C11H23NO3. The van der Waals surface area contributed by atoms with Gasteiger partial charge in [0.05, 0.1) is 24.4 Å². The molecule has 0 amide bonds. The smallest absolute Gasteiger partial charge is 0.173 e. The maximum absolute atomic E-state index is 9.59. The van der Waals surface area contributed by atoms with E-state index in [9.17, 15) is 5.11 Å². The van der Waals surface area contributed by atoms with E-state index in [2.05, 4.69) is 0 Å². The lowest BCUT2D eigenvalue weighted by atomic mass is 10.1. The van der Waals surface area contributed by atoms with E-state index in [0.29, 0.717) is 6.42 Å². The predicted octanol–water partition coefficient (Wildman–Crippen LogP) is 1.01. The summed E-state index contributed by atoms with van der Waals surface area (Å²) in [6.45, 7) is 5.79. The molecule has 0 aromatic carbocycles. The molecule has 0 aromatic heterocycles. The van der Waals surface area contributed by atoms with Crippen molar-refractivity contribution in [2.75, 3.05) is 0 Å². The van der Waals surface area contributed by atoms with Crippen LogP contribution in [0.25, 0.3) is 0 Å². The molecule has 0 aliphatic carbocycles. The maximum Gasteiger partial charge on any atom is 0.173 e. The largest absolute Gasteiger partial charge is 0.390 e. The number of hydrogen-bond acceptors (Lipinski definition) is 4. The number of nitrogens with two attached hydrogens (primary N) is 1. The Labute approximate surface area is 91.7 Å². The Morgan fingerprint density at radius 3 is 2.80 bits per heavy atom. The van der Waals surface area contributed by atoms with Gasteiger partial charge < -0.3 is 20.3 Å². The van der Waals surface area contributed by atoms with Gasteiger partial charge >= 0.3 is 0 Å². The quantitative estimate of drug-likeness (QED) is 0.737. The van der Waals surface area contributed by atoms with Gasteiger partial charge in [0.1, 0.15) is 0 Å². The van der Waals surface area contributed by atoms with Gasteiger partial charge in [0.25, 0.3) is 0 Å². The Hall–Kier alpha value is -0.160. The van der Waals surface area contributed by atoms with E-state index in [1.807, 2.05) is 20.8 Å². The first-order chi connectivity index (χ1) is 7.04. The van der Waals surface area contributed by atoms with Gasteiger partial charge in [-0.25, -0.2) is 0 Å². The number of rotatable bonds is 4. The second-order valence-corrected chi connectivity index (χ2v) is 4.37. The van der Waals surface area contributed by atoms with Crippen molar-refractivity contribution in [3.63, 3.8) is 0 Å². The van der Waals surface area contributed by atoms with Gasteiger partial charge in [0.2, 0.25) is 0 Å². The fourth-order valence-corrected chi connectivity index (χ4v) is 1.73. The molecule has 0 bridgehead atoms. The van der Waals surface area contributed by atoms with Crippen LogP contribution in [0.3, 0.4) is 0 Å². The fourth-order valence-electron chi connectivity index (χ4n) is 1.73. The van der Waals surface area contributed by atoms with E-state index >= 15 is 0 Å². The lowest BCUT2D eigenvalue weighted by molar-refractivity contribution is -0.229. The van der Waals surface area contributed by atoms with Gasteiger partial charge in [-0.05, 0) is 33.1 Å². The summed E-state index contributed by atoms with van der Waals surface area (Å²) >= 11 is 0. The Bertz CT molecular complexity index is 189. The first kappa shape index (κ1) is 12.9. The summed E-state index contributed by atoms with van der Waals surface area (Å²) in [6.07, 6.45) is 1.73. The average Bonchev–Trinajstić information content (AvgIpc) is 2.22. The molecule has 0 aromatic rings. The van der Waals surface area contributed by atoms with Crippen LogP contribution in [-0.4, -0.2) is 35.8 Å². The van der Waals surface area contributed by atoms with E-state index in [1.54, 1.807) is 0 Å². The normalized spacial score (nSPS) is 36.2. The van der Waals surface area contributed by atoms with Crippen LogP contribution in [0.5, 0.6) is 0 Å². The minimum absolute atomic E-state index is 0.0762. The van der Waals surface area contributed by atoms with Crippen LogP contribution in [0.1, 0.15) is 40.0 Å². The van der Waals surface area contributed by atoms with Crippen LogP contribution in [0.2, 0.25) is 0 Å². The first-order valence-corrected chi connectivity index (χ1v) is 5.79. The Balaban J connectivity index is 2.41. The lowest BCUT2D eigenvalue weighted by Crippen LogP contribution is -2.47. The molecule has 3 N–H and O–H groups in total. The molecule has 4 nitrogen and oxygen atoms in total. The van der Waals surface area contributed by atoms with Crippen molar-refractivity contribution in [3.05, 3.63) is 0 Å². The molecule has 0 spiro atoms. The SMILES string of the molecule is CCC(O)C(C)OC1OC(C)CCC1N. The van der Waals surface area contributed by atoms with Gasteiger partial charge in [-0.15, -0.1) is 0 Å². The highest BCUT2D eigenvalue weighted by molar-refractivity contribution is 4.76. The van der Waals surface area contributed by atoms with E-state index in [0.717, 1.165) is 12.8 Å². The Kier molecular flexibility index (Phi) is 4.99. The zero-order valence-electron chi connectivity index (χ0n) is 9.85. The van der Waals surface area contributed by atoms with Crippen molar-refractivity contribution < 1.29 is 14.6 Å². The third-order valence-electron chi connectivity index (χ3n) is 2.93. The van der Waals surface area contributed by atoms with Crippen LogP contribution in [0.15, 0.2) is 0 Å². The van der Waals surface area contributed by atoms with Crippen LogP contribution < -0.4 is 5.73 Å². The lowest BCUT2D eigenvalue weighted by Gasteiger charge is -2.35. The predicted molar refractivity (Wildman–Crippen MR) is 58.4 cm³/mol. The molecule has 1 heterocycles. The van der Waals surface area contributed by atoms with Crippen LogP contribution in [0.4, 0.5) is 0 Å². The summed E-state index contributed by atoms with van der Waals surface area (Å²) in [5, 5.41) is 9.59. The molecular weight excluding hydrogens is 194 g/mol. The number of hydrogen-bond donors (Lipinski definition) is 2. The highest BCUT2D eigenvalue weighted by Crippen LogP contribution is 2.20. The topological polar surface area (TPSA) is 64.7 Å². The molecule has 4 heteroatoms. The molecule has 1 aliphatic rings. The van der Waals surface area contributed by atoms with Crippen molar-refractivity contribution in [2.24, 2.45) is 5.73 Å². The van der Waals surface area contributed by atoms with E-state index < -0.39 is 6.10 Å². The van der Waals surface area contributed by atoms with Crippen molar-refractivity contribution in [1.82, 2.24) is 0 Å². The monoisotopic (exact) mass is 217 g/mol. The van der Waals surface area contributed by atoms with Gasteiger partial charge in [0.15, 0.2) is 6.29 Å². The molecule has 1 fully saturated rings. The number of aliphatic hydroxyl groups excluding tert-OH is 1. The second-order valence-electron chi connectivity index (χ2n) is 4.37. The molecule has 0 saturated carbocycles. The third kappa shape index (κ3) is 3.72. The molecule has 15 heavy (non-hydrogen) atoms. The molecule has 1 rings (SSSR count). The van der Waals surface area contributed by atoms with Crippen molar-refractivity contribution in [2.45, 2.75) is 70.7 Å². The van der Waals surface area contributed by atoms with Gasteiger partial charge in [-0.3, -0.25) is 0 Å². The summed E-state index contributed by atoms with van der Waals surface area (Å²) < 4.78 is 11.2. The van der Waals surface area contributed by atoms with Crippen LogP contribution in [0, 0.1) is 0 Å². The summed E-state index contributed by atoms with van der Waals surface area (Å²) in [6, 6.07) is -0.0762. The summed E-state index contributed by atoms with van der Waals surface area (Å²) in [5.41, 5.74) is 5.90. The molecule has 90 valence electrons. The number of ether oxygens (including phenoxy) is 2. The number of aliphatic hydroxyl groups is 1. The fraction of sp³-hybridized carbons (Fsp3) is 1.00. The molecule has 0 radical (unpaired) electrons. The summed E-state index contributed by atoms with van der Waals surface area (Å²) in [4.78, 5) is 0. The van der Waals surface area contributed by atoms with E-state index in [1.165, 1.54) is 0 Å². The van der Waals surface area contributed by atoms with Gasteiger partial charge in [0, 0.05) is 0 Å². The summed E-state index contributed by atoms with van der Waals surface area (Å²) in [7, 11) is 0. The molecule has 5 atom stereocenters. The Morgan fingerprint density at radius 2 is 2.20 bits per heavy atom. The van der Waals surface area contributed by atoms with Crippen molar-refractivity contribution >= 4 is 0 Å². The highest BCUT2D eigenvalue weighted by Gasteiger charge is 2.29. The zero-order valence-corrected chi connectivity index (χ0v) is 9.85. The second kappa shape index (κ2) is 5.80. The Morgan fingerprint density at radius 1 is 1.53 bits per heavy atom. The molecule has 1 aliphatic heterocycles. The zero-order chi connectivity index (χ0) is 11.4. The minimum atomic E-state index is -0.446. The van der Waals surface area contributed by atoms with Crippen molar-refractivity contribution in [1.29, 1.82) is 0 Å².